The summed E-state index contributed by atoms with van der Waals surface area (Å²) < 4.78 is 67.8. The second-order valence-corrected chi connectivity index (χ2v) is 36.1. The number of rotatable bonds is 15. The summed E-state index contributed by atoms with van der Waals surface area (Å²) in [6.07, 6.45) is 11.5. The van der Waals surface area contributed by atoms with E-state index in [4.69, 9.17) is 78.9 Å². The number of aromatic amines is 3. The Kier molecular flexibility index (Phi) is 40.3. The van der Waals surface area contributed by atoms with Crippen molar-refractivity contribution in [3.8, 4) is 57.2 Å². The third kappa shape index (κ3) is 29.0. The molecular formula is C97H99B3Br4N17O25S. The molecule has 0 unspecified atom stereocenters. The van der Waals surface area contributed by atoms with Gasteiger partial charge in [-0.05, 0) is 269 Å². The van der Waals surface area contributed by atoms with Crippen LogP contribution in [0.2, 0.25) is 0 Å². The number of hydrogen-bond acceptors (Lipinski definition) is 34. The number of carbonyl (C=O) groups is 7. The van der Waals surface area contributed by atoms with Crippen LogP contribution in [0.15, 0.2) is 229 Å². The van der Waals surface area contributed by atoms with Gasteiger partial charge in [0.25, 0.3) is 0 Å². The Morgan fingerprint density at radius 1 is 0.449 bits per heavy atom. The van der Waals surface area contributed by atoms with E-state index in [1.807, 2.05) is 97.5 Å². The Bertz CT molecular complexity index is 7510. The molecule has 2 aliphatic heterocycles. The number of hydrogen-bond donors (Lipinski definition) is 9. The number of fused-ring (bicyclic) bond motifs is 7. The molecule has 2 aliphatic rings. The van der Waals surface area contributed by atoms with Gasteiger partial charge in [0.2, 0.25) is 29.2 Å². The zero-order valence-corrected chi connectivity index (χ0v) is 88.8. The molecule has 42 nitrogen and oxygen atoms in total. The zero-order valence-electron chi connectivity index (χ0n) is 81.6. The molecule has 3 amide bonds. The number of ether oxygens (including phenoxy) is 12. The van der Waals surface area contributed by atoms with Crippen LogP contribution in [0.25, 0.3) is 71.9 Å². The normalized spacial score (nSPS) is 11.4. The van der Waals surface area contributed by atoms with Crippen LogP contribution in [0.5, 0.6) is 40.4 Å². The molecule has 0 atom stereocenters. The average molecular weight is 2290 g/mol. The van der Waals surface area contributed by atoms with E-state index >= 15 is 0 Å². The second-order valence-electron chi connectivity index (χ2n) is 32.4. The van der Waals surface area contributed by atoms with Crippen molar-refractivity contribution in [2.45, 2.75) is 86.4 Å². The molecule has 1 radical (unpaired) electrons. The summed E-state index contributed by atoms with van der Waals surface area (Å²) in [6.45, 7) is 20.0. The number of nitrogens with two attached hydrogens (primary N) is 2. The van der Waals surface area contributed by atoms with Crippen LogP contribution < -0.4 is 76.7 Å². The number of amides is 3. The van der Waals surface area contributed by atoms with Gasteiger partial charge in [0.1, 0.15) is 22.5 Å². The topological polar surface area (TPSA) is 548 Å². The number of aromatic nitrogens is 13. The van der Waals surface area contributed by atoms with Crippen molar-refractivity contribution in [3.63, 3.8) is 0 Å². The predicted molar refractivity (Wildman–Crippen MR) is 571 cm³/mol. The van der Waals surface area contributed by atoms with Crippen LogP contribution in [-0.4, -0.2) is 220 Å². The van der Waals surface area contributed by atoms with E-state index in [2.05, 4.69) is 137 Å². The summed E-state index contributed by atoms with van der Waals surface area (Å²) in [6, 6.07) is 42.9. The fourth-order valence-corrected chi connectivity index (χ4v) is 15.3. The molecule has 0 saturated heterocycles. The van der Waals surface area contributed by atoms with Gasteiger partial charge in [-0.25, -0.2) is 58.4 Å². The number of nitrogen functional groups attached to an aromatic ring is 2. The molecule has 16 aromatic rings. The summed E-state index contributed by atoms with van der Waals surface area (Å²) in [5.74, 6) is 3.16. The summed E-state index contributed by atoms with van der Waals surface area (Å²) in [5, 5.41) is 38.8. The Morgan fingerprint density at radius 2 is 0.905 bits per heavy atom. The molecule has 50 heteroatoms. The van der Waals surface area contributed by atoms with Crippen molar-refractivity contribution in [1.82, 2.24) is 63.1 Å². The minimum absolute atomic E-state index is 0.000530. The number of benzene rings is 5. The summed E-state index contributed by atoms with van der Waals surface area (Å²) in [4.78, 5) is 146. The number of H-pyrrole nitrogens is 3. The zero-order chi connectivity index (χ0) is 108. The van der Waals surface area contributed by atoms with Gasteiger partial charge in [-0.3, -0.25) is 29.0 Å². The Hall–Kier alpha value is -15.2. The number of imide groups is 1. The van der Waals surface area contributed by atoms with Gasteiger partial charge in [0.05, 0.1) is 115 Å². The van der Waals surface area contributed by atoms with E-state index in [9.17, 15) is 43.2 Å². The maximum absolute atomic E-state index is 13.2. The van der Waals surface area contributed by atoms with Gasteiger partial charge in [-0.15, -0.1) is 0 Å². The molecule has 147 heavy (non-hydrogen) atoms. The third-order valence-corrected chi connectivity index (χ3v) is 22.0. The van der Waals surface area contributed by atoms with E-state index in [0.29, 0.717) is 94.2 Å². The van der Waals surface area contributed by atoms with Crippen LogP contribution in [0.4, 0.5) is 52.5 Å². The molecule has 18 rings (SSSR count). The first kappa shape index (κ1) is 114. The standard InChI is InChI=1S/C24H21N3O4.C19H17BrN4O3.C14H16BrN3O5.C10H9BrN2O3.C9H13BO5.C8H8BNO2.C8H9NO3.C5H6BrN3.BS/c1-29-21-10-15(11-22(30-2)24(21)31-3)16-9-20-19(26-13-16)12-23(28)27(20)17-4-5-18-14(8-17)6-7-25-18;1-19(2,3)27-18(26)24-16-15(9-12(20)10-22-16)23(17(24)25)13-4-5-14-11(8-13)6-7-21-14;1-5-22-12(20)17-9-6-8(15)7-16-10(9)18(11(17)19)13(21)23-14(2,3)4;1-2-16-10(15)13-8-3-6(11)5-12-7(8)4-9(13)14;1-13-7-4-6(10(11)12)5-8(14-2)9(7)15-3;11-9(12)7-1-2-8-6(5-7)3-4-10-8;1-2-11-8(10)12-7-5-3-4-6-9-7;6-3-1-4(7)5(8)9-2-3;1-2/h4-11,13,25H,12H2,1-3H3;4-10,21H,1-3H3;6-7H,5H2,1-4H3;3,5H,2,4H2,1H3;4-5,11-12H,1-3H3;1-5,10-12H;3-6H,2H2,1H3;1-2H,7H2,(H2,8,9);. The Labute approximate surface area is 879 Å². The maximum atomic E-state index is 13.2. The first-order chi connectivity index (χ1) is 70.1. The molecule has 0 fully saturated rings. The number of pyridine rings is 6. The summed E-state index contributed by atoms with van der Waals surface area (Å²) in [5.41, 5.74) is 18.8. The monoisotopic (exact) mass is 2280 g/mol. The number of nitrogens with one attached hydrogen (secondary N) is 3. The SMILES string of the molecule is CC(C)(C)OC(=O)n1c(=O)n(-c2ccc3[nH]ccc3c2)c2cc(Br)cnc21.CCOC(=O)N1C(=O)Cc2ncc(Br)cc21.CCOC(=O)Oc1ccccn1.CCOC(=O)n1c(=O)n(C(=O)OC(C)(C)C)c2ncc(Br)cc21.COc1cc(-c2cnc3c(c2)N(c2ccc4[nH]ccc4c2)C(=O)C3)cc(OC)c1OC.COc1cc(B(O)O)cc(OC)c1OC.Nc1cc(Br)cnc1N.OB(O)c1ccc2[nH]ccc2c1.[B]=S. The van der Waals surface area contributed by atoms with E-state index in [0.717, 1.165) is 83.9 Å². The van der Waals surface area contributed by atoms with Gasteiger partial charge in [0.15, 0.2) is 34.3 Å². The van der Waals surface area contributed by atoms with Gasteiger partial charge < -0.3 is 103 Å². The van der Waals surface area contributed by atoms with Crippen LogP contribution in [0.1, 0.15) is 73.7 Å². The summed E-state index contributed by atoms with van der Waals surface area (Å²) in [7, 11) is 6.19. The molecule has 11 aromatic heterocycles. The molecule has 0 bridgehead atoms. The second kappa shape index (κ2) is 52.0. The van der Waals surface area contributed by atoms with Crippen molar-refractivity contribution in [2.75, 3.05) is 83.7 Å². The van der Waals surface area contributed by atoms with Crippen LogP contribution >= 0.6 is 75.8 Å². The van der Waals surface area contributed by atoms with Crippen molar-refractivity contribution in [3.05, 3.63) is 252 Å². The molecule has 765 valence electrons. The van der Waals surface area contributed by atoms with Crippen LogP contribution in [0, 0.1) is 0 Å². The number of carbonyl (C=O) groups excluding carboxylic acids is 7. The predicted octanol–water partition coefficient (Wildman–Crippen LogP) is 15.5. The first-order valence-electron chi connectivity index (χ1n) is 44.0. The van der Waals surface area contributed by atoms with E-state index in [1.165, 1.54) is 56.5 Å². The number of nitrogens with zero attached hydrogens (tertiary/aromatic N) is 12. The fraction of sp³-hybridized carbons (Fsp3) is 0.227. The Balaban J connectivity index is 0.000000177. The van der Waals surface area contributed by atoms with Crippen LogP contribution in [0.3, 0.4) is 0 Å². The van der Waals surface area contributed by atoms with Crippen LogP contribution in [-0.2, 0) is 46.1 Å². The first-order valence-corrected chi connectivity index (χ1v) is 47.6. The Morgan fingerprint density at radius 3 is 1.41 bits per heavy atom. The molecule has 0 spiro atoms. The molecule has 13 heterocycles. The van der Waals surface area contributed by atoms with E-state index < -0.39 is 67.3 Å². The number of imidazole rings is 2. The molecule has 0 saturated carbocycles. The fourth-order valence-electron chi connectivity index (χ4n) is 14.0. The number of anilines is 5. The minimum atomic E-state index is -1.57. The van der Waals surface area contributed by atoms with Crippen molar-refractivity contribution < 1.29 is 111 Å². The van der Waals surface area contributed by atoms with Crippen molar-refractivity contribution >= 4 is 234 Å². The molecule has 0 aliphatic carbocycles. The third-order valence-electron chi connectivity index (χ3n) is 20.3. The van der Waals surface area contributed by atoms with Gasteiger partial charge in [-0.2, -0.15) is 13.7 Å². The van der Waals surface area contributed by atoms with E-state index in [1.54, 1.807) is 162 Å². The van der Waals surface area contributed by atoms with Crippen molar-refractivity contribution in [1.29, 1.82) is 0 Å². The van der Waals surface area contributed by atoms with Crippen molar-refractivity contribution in [2.24, 2.45) is 0 Å². The summed E-state index contributed by atoms with van der Waals surface area (Å²) >= 11 is 16.6. The number of methoxy groups -OCH3 is 6. The van der Waals surface area contributed by atoms with Gasteiger partial charge >= 0.3 is 74.9 Å². The molecular weight excluding hydrogens is 2190 g/mol. The van der Waals surface area contributed by atoms with Gasteiger partial charge in [0, 0.05) is 118 Å². The molecule has 11 N–H and O–H groups in total. The van der Waals surface area contributed by atoms with E-state index in [-0.39, 0.29) is 66.0 Å². The average Bonchev–Trinajstić information content (AvgIpc) is 1.59. The van der Waals surface area contributed by atoms with Gasteiger partial charge in [-0.1, -0.05) is 18.2 Å². The molecule has 5 aromatic carbocycles. The number of halogens is 4. The quantitative estimate of drug-likeness (QED) is 0.0261.